The highest BCUT2D eigenvalue weighted by Crippen LogP contribution is 2.24. The smallest absolute Gasteiger partial charge is 0.234 e. The molecule has 0 radical (unpaired) electrons. The van der Waals surface area contributed by atoms with Crippen molar-refractivity contribution in [1.29, 1.82) is 0 Å². The third-order valence-electron chi connectivity index (χ3n) is 3.98. The molecule has 5 heteroatoms. The Hall–Kier alpha value is -2.14. The van der Waals surface area contributed by atoms with Crippen LogP contribution in [0.1, 0.15) is 18.4 Å². The summed E-state index contributed by atoms with van der Waals surface area (Å²) in [4.78, 5) is 11.0. The van der Waals surface area contributed by atoms with Crippen LogP contribution in [0.25, 0.3) is 0 Å². The van der Waals surface area contributed by atoms with E-state index in [4.69, 9.17) is 9.84 Å². The Labute approximate surface area is 130 Å². The van der Waals surface area contributed by atoms with Crippen LogP contribution in [0.15, 0.2) is 42.7 Å². The second kappa shape index (κ2) is 7.22. The summed E-state index contributed by atoms with van der Waals surface area (Å²) in [5.41, 5.74) is 1.11. The Morgan fingerprint density at radius 3 is 2.91 bits per heavy atom. The number of hydrogen-bond donors (Lipinski definition) is 1. The van der Waals surface area contributed by atoms with Gasteiger partial charge in [0, 0.05) is 19.7 Å². The lowest BCUT2D eigenvalue weighted by molar-refractivity contribution is 0.263. The number of hydrogen-bond acceptors (Lipinski definition) is 5. The first-order chi connectivity index (χ1) is 10.8. The van der Waals surface area contributed by atoms with E-state index in [0.717, 1.165) is 37.3 Å². The molecule has 0 aliphatic carbocycles. The third kappa shape index (κ3) is 3.74. The number of benzene rings is 1. The van der Waals surface area contributed by atoms with Gasteiger partial charge in [-0.1, -0.05) is 30.3 Å². The molecule has 5 nitrogen and oxygen atoms in total. The highest BCUT2D eigenvalue weighted by molar-refractivity contribution is 5.38. The minimum Gasteiger partial charge on any atom is -0.472 e. The average molecular weight is 299 g/mol. The summed E-state index contributed by atoms with van der Waals surface area (Å²) in [5, 5.41) is 9.04. The third-order valence-corrected chi connectivity index (χ3v) is 3.98. The van der Waals surface area contributed by atoms with E-state index >= 15 is 0 Å². The molecule has 1 aromatic carbocycles. The molecule has 0 spiro atoms. The van der Waals surface area contributed by atoms with E-state index in [2.05, 4.69) is 14.9 Å². The Kier molecular flexibility index (Phi) is 4.85. The highest BCUT2D eigenvalue weighted by Gasteiger charge is 2.23. The molecule has 0 amide bonds. The first-order valence-corrected chi connectivity index (χ1v) is 7.70. The molecule has 116 valence electrons. The van der Waals surface area contributed by atoms with E-state index in [-0.39, 0.29) is 6.61 Å². The van der Waals surface area contributed by atoms with Crippen molar-refractivity contribution in [1.82, 2.24) is 9.97 Å². The maximum Gasteiger partial charge on any atom is 0.234 e. The van der Waals surface area contributed by atoms with Crippen LogP contribution in [0.4, 0.5) is 5.82 Å². The van der Waals surface area contributed by atoms with Gasteiger partial charge in [-0.05, 0) is 24.3 Å². The van der Waals surface area contributed by atoms with Crippen LogP contribution in [0.5, 0.6) is 5.88 Å². The number of aliphatic hydroxyl groups excluding tert-OH is 1. The summed E-state index contributed by atoms with van der Waals surface area (Å²) in [6, 6.07) is 10.0. The molecule has 1 aliphatic rings. The predicted molar refractivity (Wildman–Crippen MR) is 84.8 cm³/mol. The molecule has 1 fully saturated rings. The Bertz CT molecular complexity index is 591. The maximum atomic E-state index is 9.04. The van der Waals surface area contributed by atoms with Crippen molar-refractivity contribution in [3.05, 3.63) is 48.3 Å². The lowest BCUT2D eigenvalue weighted by Crippen LogP contribution is -2.21. The quantitative estimate of drug-likeness (QED) is 0.886. The van der Waals surface area contributed by atoms with Gasteiger partial charge < -0.3 is 14.7 Å². The molecule has 1 N–H and O–H groups in total. The minimum atomic E-state index is 0.254. The van der Waals surface area contributed by atoms with Gasteiger partial charge in [0.2, 0.25) is 5.88 Å². The molecule has 0 saturated carbocycles. The van der Waals surface area contributed by atoms with Crippen LogP contribution in [0.3, 0.4) is 0 Å². The van der Waals surface area contributed by atoms with Gasteiger partial charge >= 0.3 is 0 Å². The van der Waals surface area contributed by atoms with Gasteiger partial charge in [0.1, 0.15) is 6.61 Å². The summed E-state index contributed by atoms with van der Waals surface area (Å²) < 4.78 is 5.73. The Morgan fingerprint density at radius 1 is 1.23 bits per heavy atom. The molecule has 3 rings (SSSR count). The van der Waals surface area contributed by atoms with Crippen LogP contribution in [-0.2, 0) is 6.61 Å². The van der Waals surface area contributed by atoms with Crippen LogP contribution < -0.4 is 9.64 Å². The van der Waals surface area contributed by atoms with E-state index < -0.39 is 0 Å². The van der Waals surface area contributed by atoms with Crippen molar-refractivity contribution in [3.63, 3.8) is 0 Å². The van der Waals surface area contributed by atoms with E-state index in [0.29, 0.717) is 18.4 Å². The second-order valence-electron chi connectivity index (χ2n) is 5.60. The normalized spacial score (nSPS) is 17.7. The monoisotopic (exact) mass is 299 g/mol. The molecular formula is C17H21N3O2. The van der Waals surface area contributed by atoms with Gasteiger partial charge in [-0.15, -0.1) is 0 Å². The Morgan fingerprint density at radius 2 is 2.09 bits per heavy atom. The second-order valence-corrected chi connectivity index (χ2v) is 5.60. The fraction of sp³-hybridized carbons (Fsp3) is 0.412. The zero-order valence-electron chi connectivity index (χ0n) is 12.6. The first kappa shape index (κ1) is 14.8. The van der Waals surface area contributed by atoms with Crippen LogP contribution in [0, 0.1) is 5.92 Å². The molecule has 0 bridgehead atoms. The lowest BCUT2D eigenvalue weighted by Gasteiger charge is -2.17. The number of anilines is 1. The SMILES string of the molecule is OCC[C@@H]1CCN(c2cncc(OCc3ccccc3)n2)C1. The van der Waals surface area contributed by atoms with Gasteiger partial charge in [0.05, 0.1) is 12.4 Å². The highest BCUT2D eigenvalue weighted by atomic mass is 16.5. The van der Waals surface area contributed by atoms with Gasteiger partial charge in [-0.2, -0.15) is 4.98 Å². The van der Waals surface area contributed by atoms with Crippen molar-refractivity contribution in [2.75, 3.05) is 24.6 Å². The predicted octanol–water partition coefficient (Wildman–Crippen LogP) is 2.26. The largest absolute Gasteiger partial charge is 0.472 e. The van der Waals surface area contributed by atoms with Gasteiger partial charge in [-0.3, -0.25) is 4.98 Å². The summed E-state index contributed by atoms with van der Waals surface area (Å²) in [6.07, 6.45) is 5.37. The van der Waals surface area contributed by atoms with Gasteiger partial charge in [-0.25, -0.2) is 0 Å². The van der Waals surface area contributed by atoms with Crippen LogP contribution in [0.2, 0.25) is 0 Å². The summed E-state index contributed by atoms with van der Waals surface area (Å²) in [5.74, 6) is 1.94. The van der Waals surface area contributed by atoms with Gasteiger partial charge in [0.15, 0.2) is 5.82 Å². The number of rotatable bonds is 6. The van der Waals surface area contributed by atoms with Crippen LogP contribution >= 0.6 is 0 Å². The van der Waals surface area contributed by atoms with E-state index in [1.807, 2.05) is 30.3 Å². The van der Waals surface area contributed by atoms with Crippen molar-refractivity contribution in [2.45, 2.75) is 19.4 Å². The molecule has 1 saturated heterocycles. The zero-order chi connectivity index (χ0) is 15.2. The van der Waals surface area contributed by atoms with E-state index in [1.54, 1.807) is 12.4 Å². The lowest BCUT2D eigenvalue weighted by atomic mass is 10.1. The standard InChI is InChI=1S/C17H21N3O2/c21-9-7-14-6-8-20(12-14)16-10-18-11-17(19-16)22-13-15-4-2-1-3-5-15/h1-5,10-11,14,21H,6-9,12-13H2/t14-/m0/s1. The maximum absolute atomic E-state index is 9.04. The molecule has 0 unspecified atom stereocenters. The minimum absolute atomic E-state index is 0.254. The molecule has 1 atom stereocenters. The molecule has 2 aromatic rings. The molecule has 1 aromatic heterocycles. The fourth-order valence-corrected chi connectivity index (χ4v) is 2.75. The Balaban J connectivity index is 1.61. The van der Waals surface area contributed by atoms with E-state index in [9.17, 15) is 0 Å². The van der Waals surface area contributed by atoms with Crippen molar-refractivity contribution >= 4 is 5.82 Å². The fourth-order valence-electron chi connectivity index (χ4n) is 2.75. The zero-order valence-corrected chi connectivity index (χ0v) is 12.6. The van der Waals surface area contributed by atoms with Crippen molar-refractivity contribution < 1.29 is 9.84 Å². The number of nitrogens with zero attached hydrogens (tertiary/aromatic N) is 3. The topological polar surface area (TPSA) is 58.5 Å². The number of aliphatic hydroxyl groups is 1. The van der Waals surface area contributed by atoms with Gasteiger partial charge in [0.25, 0.3) is 0 Å². The first-order valence-electron chi connectivity index (χ1n) is 7.70. The van der Waals surface area contributed by atoms with Crippen molar-refractivity contribution in [2.24, 2.45) is 5.92 Å². The molecular weight excluding hydrogens is 278 g/mol. The summed E-state index contributed by atoms with van der Waals surface area (Å²) in [6.45, 7) is 2.63. The van der Waals surface area contributed by atoms with Crippen molar-refractivity contribution in [3.8, 4) is 5.88 Å². The molecule has 22 heavy (non-hydrogen) atoms. The van der Waals surface area contributed by atoms with E-state index in [1.165, 1.54) is 0 Å². The molecule has 2 heterocycles. The summed E-state index contributed by atoms with van der Waals surface area (Å²) >= 11 is 0. The number of ether oxygens (including phenoxy) is 1. The average Bonchev–Trinajstić information content (AvgIpc) is 3.03. The molecule has 1 aliphatic heterocycles. The van der Waals surface area contributed by atoms with Crippen LogP contribution in [-0.4, -0.2) is 34.8 Å². The summed E-state index contributed by atoms with van der Waals surface area (Å²) in [7, 11) is 0. The number of aromatic nitrogens is 2.